The van der Waals surface area contributed by atoms with Crippen LogP contribution in [0.5, 0.6) is 0 Å². The van der Waals surface area contributed by atoms with Gasteiger partial charge in [-0.3, -0.25) is 0 Å². The van der Waals surface area contributed by atoms with Gasteiger partial charge in [0.05, 0.1) is 12.3 Å². The molecule has 5 nitrogen and oxygen atoms in total. The molecule has 0 bridgehead atoms. The van der Waals surface area contributed by atoms with Crippen LogP contribution in [0.15, 0.2) is 12.3 Å². The van der Waals surface area contributed by atoms with E-state index in [1.807, 2.05) is 13.8 Å². The van der Waals surface area contributed by atoms with Gasteiger partial charge in [0.1, 0.15) is 12.2 Å². The van der Waals surface area contributed by atoms with Crippen LogP contribution < -0.4 is 0 Å². The van der Waals surface area contributed by atoms with Crippen molar-refractivity contribution in [2.24, 2.45) is 41.4 Å². The van der Waals surface area contributed by atoms with Gasteiger partial charge in [0.2, 0.25) is 0 Å². The number of ether oxygens (including phenoxy) is 3. The van der Waals surface area contributed by atoms with Gasteiger partial charge in [0.15, 0.2) is 6.10 Å². The fraction of sp³-hybridized carbons (Fsp3) is 0.800. The fourth-order valence-corrected chi connectivity index (χ4v) is 5.52. The van der Waals surface area contributed by atoms with Gasteiger partial charge >= 0.3 is 11.9 Å². The van der Waals surface area contributed by atoms with Crippen molar-refractivity contribution >= 4 is 11.9 Å². The predicted octanol–water partition coefficient (Wildman–Crippen LogP) is 6.55. The lowest BCUT2D eigenvalue weighted by molar-refractivity contribution is -0.150. The normalized spacial score (nSPS) is 30.1. The molecule has 2 aliphatic carbocycles. The second-order valence-corrected chi connectivity index (χ2v) is 11.9. The lowest BCUT2D eigenvalue weighted by Crippen LogP contribution is -2.35. The number of esters is 2. The van der Waals surface area contributed by atoms with E-state index in [0.717, 1.165) is 25.7 Å². The molecule has 7 atom stereocenters. The van der Waals surface area contributed by atoms with Gasteiger partial charge in [0, 0.05) is 11.8 Å². The lowest BCUT2D eigenvalue weighted by atomic mass is 9.75. The van der Waals surface area contributed by atoms with Crippen LogP contribution in [0.1, 0.15) is 93.9 Å². The molecule has 0 N–H and O–H groups in total. The van der Waals surface area contributed by atoms with Gasteiger partial charge in [0.25, 0.3) is 0 Å². The smallest absolute Gasteiger partial charge is 0.384 e. The third-order valence-electron chi connectivity index (χ3n) is 7.80. The van der Waals surface area contributed by atoms with Crippen molar-refractivity contribution in [1.82, 2.24) is 0 Å². The van der Waals surface area contributed by atoms with Crippen LogP contribution in [0.2, 0.25) is 0 Å². The molecule has 0 aromatic carbocycles. The van der Waals surface area contributed by atoms with Crippen molar-refractivity contribution < 1.29 is 23.8 Å². The van der Waals surface area contributed by atoms with Crippen LogP contribution in [-0.4, -0.2) is 30.3 Å². The van der Waals surface area contributed by atoms with Gasteiger partial charge in [-0.2, -0.15) is 0 Å². The maximum atomic E-state index is 12.5. The first kappa shape index (κ1) is 29.3. The summed E-state index contributed by atoms with van der Waals surface area (Å²) >= 11 is 0. The Kier molecular flexibility index (Phi) is 11.7. The Morgan fingerprint density at radius 1 is 0.800 bits per heavy atom. The van der Waals surface area contributed by atoms with Crippen LogP contribution >= 0.6 is 0 Å². The molecule has 35 heavy (non-hydrogen) atoms. The standard InChI is InChI=1S/C30H48O5/c1-19(2)24-11-9-22(7)17-27(24)34-29(31)14-13-26(21(5)6)33-16-15-30(32)35-28-18-23(8)10-12-25(28)20(3)4/h15-16,19-28H,9-12,17-18H2,1-8H3/b16-15+. The van der Waals surface area contributed by atoms with Crippen molar-refractivity contribution in [2.45, 2.75) is 112 Å². The zero-order chi connectivity index (χ0) is 26.1. The highest BCUT2D eigenvalue weighted by Crippen LogP contribution is 2.36. The predicted molar refractivity (Wildman–Crippen MR) is 139 cm³/mol. The minimum atomic E-state index is -0.518. The van der Waals surface area contributed by atoms with Crippen LogP contribution in [0.4, 0.5) is 0 Å². The van der Waals surface area contributed by atoms with Crippen molar-refractivity contribution in [3.05, 3.63) is 12.3 Å². The zero-order valence-corrected chi connectivity index (χ0v) is 23.2. The third kappa shape index (κ3) is 9.54. The van der Waals surface area contributed by atoms with Crippen molar-refractivity contribution in [3.63, 3.8) is 0 Å². The third-order valence-corrected chi connectivity index (χ3v) is 7.80. The molecule has 0 saturated heterocycles. The van der Waals surface area contributed by atoms with Gasteiger partial charge in [-0.1, -0.05) is 68.2 Å². The maximum Gasteiger partial charge on any atom is 0.384 e. The molecule has 0 radical (unpaired) electrons. The van der Waals surface area contributed by atoms with Gasteiger partial charge in [-0.05, 0) is 67.1 Å². The topological polar surface area (TPSA) is 61.8 Å². The van der Waals surface area contributed by atoms with Crippen molar-refractivity contribution in [1.29, 1.82) is 0 Å². The van der Waals surface area contributed by atoms with E-state index < -0.39 is 18.0 Å². The molecule has 5 heteroatoms. The molecule has 0 spiro atoms. The summed E-state index contributed by atoms with van der Waals surface area (Å²) in [5.74, 6) is 7.52. The van der Waals surface area contributed by atoms with E-state index in [2.05, 4.69) is 53.4 Å². The molecule has 198 valence electrons. The lowest BCUT2D eigenvalue weighted by Gasteiger charge is -2.36. The minimum absolute atomic E-state index is 0.0404. The Morgan fingerprint density at radius 3 is 1.80 bits per heavy atom. The number of rotatable bonds is 8. The molecule has 2 rings (SSSR count). The first-order valence-electron chi connectivity index (χ1n) is 13.7. The van der Waals surface area contributed by atoms with Crippen LogP contribution in [-0.2, 0) is 23.8 Å². The monoisotopic (exact) mass is 488 g/mol. The second-order valence-electron chi connectivity index (χ2n) is 11.9. The number of hydrogen-bond acceptors (Lipinski definition) is 5. The highest BCUT2D eigenvalue weighted by atomic mass is 16.5. The molecule has 0 aliphatic heterocycles. The molecule has 2 aliphatic rings. The van der Waals surface area contributed by atoms with Crippen molar-refractivity contribution in [2.75, 3.05) is 0 Å². The first-order valence-corrected chi connectivity index (χ1v) is 13.7. The van der Waals surface area contributed by atoms with Crippen LogP contribution in [0, 0.1) is 53.3 Å². The van der Waals surface area contributed by atoms with Gasteiger partial charge < -0.3 is 14.2 Å². The molecule has 0 aromatic heterocycles. The summed E-state index contributed by atoms with van der Waals surface area (Å²) in [6, 6.07) is 0. The van der Waals surface area contributed by atoms with E-state index in [0.29, 0.717) is 35.5 Å². The summed E-state index contributed by atoms with van der Waals surface area (Å²) in [5.41, 5.74) is 0. The second kappa shape index (κ2) is 14.0. The minimum Gasteiger partial charge on any atom is -0.485 e. The summed E-state index contributed by atoms with van der Waals surface area (Å²) < 4.78 is 17.3. The summed E-state index contributed by atoms with van der Waals surface area (Å²) in [4.78, 5) is 24.9. The number of hydrogen-bond donors (Lipinski definition) is 0. The largest absolute Gasteiger partial charge is 0.485 e. The molecular formula is C30H48O5. The fourth-order valence-electron chi connectivity index (χ4n) is 5.52. The van der Waals surface area contributed by atoms with Crippen molar-refractivity contribution in [3.8, 4) is 11.8 Å². The van der Waals surface area contributed by atoms with E-state index in [9.17, 15) is 9.59 Å². The molecule has 0 heterocycles. The maximum absolute atomic E-state index is 12.5. The first-order chi connectivity index (χ1) is 16.5. The molecule has 2 fully saturated rings. The van der Waals surface area contributed by atoms with E-state index >= 15 is 0 Å². The zero-order valence-electron chi connectivity index (χ0n) is 23.2. The Hall–Kier alpha value is -1.96. The van der Waals surface area contributed by atoms with Crippen LogP contribution in [0.3, 0.4) is 0 Å². The van der Waals surface area contributed by atoms with E-state index in [1.54, 1.807) is 0 Å². The number of carbonyl (C=O) groups is 2. The van der Waals surface area contributed by atoms with Gasteiger partial charge in [-0.15, -0.1) is 0 Å². The molecule has 7 unspecified atom stereocenters. The Morgan fingerprint density at radius 2 is 1.31 bits per heavy atom. The molecule has 2 saturated carbocycles. The Bertz CT molecular complexity index is 771. The highest BCUT2D eigenvalue weighted by molar-refractivity contribution is 5.88. The summed E-state index contributed by atoms with van der Waals surface area (Å²) in [7, 11) is 0. The van der Waals surface area contributed by atoms with Crippen LogP contribution in [0.25, 0.3) is 0 Å². The summed E-state index contributed by atoms with van der Waals surface area (Å²) in [6.07, 6.45) is 8.36. The Balaban J connectivity index is 1.91. The summed E-state index contributed by atoms with van der Waals surface area (Å²) in [6.45, 7) is 17.1. The molecule has 0 aromatic rings. The Labute approximate surface area is 213 Å². The average Bonchev–Trinajstić information content (AvgIpc) is 2.75. The SMILES string of the molecule is CC1CCC(C(C)C)C(OC(=O)C#CC(O/C=C/C(=O)OC2CC(C)CCC2C(C)C)C(C)C)C1. The van der Waals surface area contributed by atoms with Gasteiger partial charge in [-0.25, -0.2) is 9.59 Å². The van der Waals surface area contributed by atoms with E-state index in [-0.39, 0.29) is 18.1 Å². The highest BCUT2D eigenvalue weighted by Gasteiger charge is 2.34. The van der Waals surface area contributed by atoms with E-state index in [1.165, 1.54) is 25.2 Å². The van der Waals surface area contributed by atoms with E-state index in [4.69, 9.17) is 14.2 Å². The molecule has 0 amide bonds. The quantitative estimate of drug-likeness (QED) is 0.127. The molecular weight excluding hydrogens is 440 g/mol. The summed E-state index contributed by atoms with van der Waals surface area (Å²) in [5, 5.41) is 0. The number of carbonyl (C=O) groups excluding carboxylic acids is 2. The average molecular weight is 489 g/mol.